The second kappa shape index (κ2) is 6.78. The number of nitrogens with zero attached hydrogens (tertiary/aromatic N) is 4. The van der Waals surface area contributed by atoms with Crippen molar-refractivity contribution in [3.05, 3.63) is 77.6 Å². The average Bonchev–Trinajstić information content (AvgIpc) is 3.02. The molecule has 0 fully saturated rings. The second-order valence-electron chi connectivity index (χ2n) is 5.23. The van der Waals surface area contributed by atoms with Gasteiger partial charge in [0.2, 0.25) is 11.2 Å². The third-order valence-electron chi connectivity index (χ3n) is 3.50. The molecule has 0 spiro atoms. The zero-order valence-electron chi connectivity index (χ0n) is 13.0. The van der Waals surface area contributed by atoms with E-state index >= 15 is 0 Å². The largest absolute Gasteiger partial charge is 0.485 e. The molecule has 0 aliphatic rings. The molecule has 0 aliphatic heterocycles. The van der Waals surface area contributed by atoms with Gasteiger partial charge in [-0.1, -0.05) is 42.5 Å². The van der Waals surface area contributed by atoms with E-state index in [9.17, 15) is 0 Å². The highest BCUT2D eigenvalue weighted by molar-refractivity contribution is 6.28. The molecule has 0 aliphatic carbocycles. The van der Waals surface area contributed by atoms with Gasteiger partial charge in [-0.2, -0.15) is 4.52 Å². The van der Waals surface area contributed by atoms with E-state index in [-0.39, 0.29) is 5.28 Å². The first-order valence-electron chi connectivity index (χ1n) is 7.61. The predicted molar refractivity (Wildman–Crippen MR) is 93.1 cm³/mol. The summed E-state index contributed by atoms with van der Waals surface area (Å²) in [6, 6.07) is 20.8. The molecule has 124 valence electrons. The van der Waals surface area contributed by atoms with Crippen LogP contribution in [-0.2, 0) is 6.61 Å². The van der Waals surface area contributed by atoms with Gasteiger partial charge in [-0.15, -0.1) is 15.3 Å². The summed E-state index contributed by atoms with van der Waals surface area (Å²) in [7, 11) is 0. The fourth-order valence-electron chi connectivity index (χ4n) is 2.30. The molecule has 2 aromatic heterocycles. The quantitative estimate of drug-likeness (QED) is 0.540. The van der Waals surface area contributed by atoms with Gasteiger partial charge in [-0.3, -0.25) is 0 Å². The van der Waals surface area contributed by atoms with Crippen molar-refractivity contribution in [3.63, 3.8) is 0 Å². The lowest BCUT2D eigenvalue weighted by Gasteiger charge is -2.12. The van der Waals surface area contributed by atoms with Crippen molar-refractivity contribution in [2.45, 2.75) is 6.61 Å². The lowest BCUT2D eigenvalue weighted by molar-refractivity contribution is 0.290. The number of rotatable bonds is 5. The van der Waals surface area contributed by atoms with Crippen LogP contribution in [0.15, 0.2) is 66.7 Å². The summed E-state index contributed by atoms with van der Waals surface area (Å²) in [5.74, 6) is 1.56. The molecule has 0 atom stereocenters. The number of hydrogen-bond donors (Lipinski definition) is 0. The molecular formula is C18H13ClN4O2. The monoisotopic (exact) mass is 352 g/mol. The minimum absolute atomic E-state index is 0.175. The summed E-state index contributed by atoms with van der Waals surface area (Å²) in [5, 5.41) is 12.1. The first-order valence-corrected chi connectivity index (χ1v) is 7.99. The van der Waals surface area contributed by atoms with Crippen LogP contribution < -0.4 is 9.47 Å². The van der Waals surface area contributed by atoms with E-state index in [0.29, 0.717) is 29.6 Å². The van der Waals surface area contributed by atoms with Crippen LogP contribution >= 0.6 is 11.6 Å². The van der Waals surface area contributed by atoms with Crippen molar-refractivity contribution in [2.24, 2.45) is 0 Å². The van der Waals surface area contributed by atoms with Crippen molar-refractivity contribution < 1.29 is 9.47 Å². The molecular weight excluding hydrogens is 340 g/mol. The summed E-state index contributed by atoms with van der Waals surface area (Å²) < 4.78 is 13.1. The first kappa shape index (κ1) is 15.4. The maximum atomic E-state index is 5.94. The fraction of sp³-hybridized carbons (Fsp3) is 0.0556. The van der Waals surface area contributed by atoms with Crippen molar-refractivity contribution in [1.82, 2.24) is 19.8 Å². The van der Waals surface area contributed by atoms with Crippen LogP contribution in [0.5, 0.6) is 17.4 Å². The fourth-order valence-corrected chi connectivity index (χ4v) is 2.46. The van der Waals surface area contributed by atoms with Crippen molar-refractivity contribution in [1.29, 1.82) is 0 Å². The summed E-state index contributed by atoms with van der Waals surface area (Å²) in [5.41, 5.74) is 1.62. The highest BCUT2D eigenvalue weighted by atomic mass is 35.5. The number of ether oxygens (including phenoxy) is 2. The Kier molecular flexibility index (Phi) is 4.18. The summed E-state index contributed by atoms with van der Waals surface area (Å²) in [4.78, 5) is 0. The van der Waals surface area contributed by atoms with Gasteiger partial charge in [-0.25, -0.2) is 0 Å². The summed E-state index contributed by atoms with van der Waals surface area (Å²) in [6.45, 7) is 0.449. The van der Waals surface area contributed by atoms with E-state index in [2.05, 4.69) is 15.3 Å². The van der Waals surface area contributed by atoms with Gasteiger partial charge >= 0.3 is 0 Å². The average molecular weight is 353 g/mol. The Morgan fingerprint density at radius 2 is 1.60 bits per heavy atom. The maximum Gasteiger partial charge on any atom is 0.246 e. The van der Waals surface area contributed by atoms with Crippen LogP contribution in [-0.4, -0.2) is 19.8 Å². The van der Waals surface area contributed by atoms with Crippen molar-refractivity contribution in [3.8, 4) is 17.4 Å². The molecule has 0 saturated carbocycles. The molecule has 0 saturated heterocycles. The number of hydrogen-bond acceptors (Lipinski definition) is 5. The van der Waals surface area contributed by atoms with Gasteiger partial charge in [0.1, 0.15) is 6.61 Å². The number of halogens is 1. The summed E-state index contributed by atoms with van der Waals surface area (Å²) >= 11 is 5.94. The third kappa shape index (κ3) is 3.39. The van der Waals surface area contributed by atoms with Gasteiger partial charge < -0.3 is 9.47 Å². The lowest BCUT2D eigenvalue weighted by Crippen LogP contribution is -1.99. The van der Waals surface area contributed by atoms with Gasteiger partial charge in [0.05, 0.1) is 0 Å². The molecule has 4 aromatic rings. The Morgan fingerprint density at radius 1 is 0.840 bits per heavy atom. The Morgan fingerprint density at radius 3 is 2.44 bits per heavy atom. The van der Waals surface area contributed by atoms with Crippen molar-refractivity contribution >= 4 is 17.2 Å². The van der Waals surface area contributed by atoms with E-state index in [0.717, 1.165) is 5.56 Å². The van der Waals surface area contributed by atoms with E-state index in [4.69, 9.17) is 21.1 Å². The van der Waals surface area contributed by atoms with E-state index in [1.807, 2.05) is 54.6 Å². The Hall–Kier alpha value is -3.12. The number of aromatic nitrogens is 4. The normalized spacial score (nSPS) is 10.8. The maximum absolute atomic E-state index is 5.94. The second-order valence-corrected chi connectivity index (χ2v) is 5.57. The highest BCUT2D eigenvalue weighted by Gasteiger charge is 2.10. The van der Waals surface area contributed by atoms with E-state index < -0.39 is 0 Å². The standard InChI is InChI=1S/C18H13ClN4O2/c19-18-21-20-16-10-11-17(22-23(16)18)25-15-9-5-4-8-14(15)24-12-13-6-2-1-3-7-13/h1-11H,12H2. The van der Waals surface area contributed by atoms with Crippen LogP contribution in [0, 0.1) is 0 Å². The van der Waals surface area contributed by atoms with Crippen LogP contribution in [0.25, 0.3) is 5.65 Å². The molecule has 2 aromatic carbocycles. The molecule has 0 N–H and O–H groups in total. The predicted octanol–water partition coefficient (Wildman–Crippen LogP) is 4.15. The van der Waals surface area contributed by atoms with Crippen LogP contribution in [0.4, 0.5) is 0 Å². The van der Waals surface area contributed by atoms with Crippen molar-refractivity contribution in [2.75, 3.05) is 0 Å². The van der Waals surface area contributed by atoms with Gasteiger partial charge in [-0.05, 0) is 35.4 Å². The minimum atomic E-state index is 0.175. The molecule has 0 unspecified atom stereocenters. The summed E-state index contributed by atoms with van der Waals surface area (Å²) in [6.07, 6.45) is 0. The van der Waals surface area contributed by atoms with E-state index in [1.54, 1.807) is 12.1 Å². The number of fused-ring (bicyclic) bond motifs is 1. The molecule has 2 heterocycles. The number of para-hydroxylation sites is 2. The molecule has 0 bridgehead atoms. The number of benzene rings is 2. The molecule has 4 rings (SSSR count). The zero-order chi connectivity index (χ0) is 17.1. The Balaban J connectivity index is 1.56. The molecule has 25 heavy (non-hydrogen) atoms. The Labute approximate surface area is 148 Å². The van der Waals surface area contributed by atoms with Gasteiger partial charge in [0, 0.05) is 6.07 Å². The molecule has 0 amide bonds. The zero-order valence-corrected chi connectivity index (χ0v) is 13.8. The Bertz CT molecular complexity index is 1000. The molecule has 7 heteroatoms. The topological polar surface area (TPSA) is 61.5 Å². The van der Waals surface area contributed by atoms with Gasteiger partial charge in [0.25, 0.3) is 0 Å². The van der Waals surface area contributed by atoms with Crippen LogP contribution in [0.2, 0.25) is 5.28 Å². The van der Waals surface area contributed by atoms with Crippen LogP contribution in [0.1, 0.15) is 5.56 Å². The van der Waals surface area contributed by atoms with Crippen LogP contribution in [0.3, 0.4) is 0 Å². The third-order valence-corrected chi connectivity index (χ3v) is 3.74. The molecule has 6 nitrogen and oxygen atoms in total. The lowest BCUT2D eigenvalue weighted by atomic mass is 10.2. The van der Waals surface area contributed by atoms with Gasteiger partial charge in [0.15, 0.2) is 17.1 Å². The highest BCUT2D eigenvalue weighted by Crippen LogP contribution is 2.31. The molecule has 0 radical (unpaired) electrons. The minimum Gasteiger partial charge on any atom is -0.485 e. The SMILES string of the molecule is Clc1nnc2ccc(Oc3ccccc3OCc3ccccc3)nn12. The first-order chi connectivity index (χ1) is 12.3. The van der Waals surface area contributed by atoms with E-state index in [1.165, 1.54) is 4.52 Å². The smallest absolute Gasteiger partial charge is 0.246 e.